The van der Waals surface area contributed by atoms with Gasteiger partial charge in [-0.15, -0.1) is 0 Å². The molecule has 1 aliphatic rings. The minimum atomic E-state index is -4.57. The number of nitrogens with two attached hydrogens (primary N) is 1. The van der Waals surface area contributed by atoms with Crippen LogP contribution in [0.25, 0.3) is 5.70 Å². The number of aliphatic hydroxyl groups excluding tert-OH is 2. The maximum absolute atomic E-state index is 14.3. The second kappa shape index (κ2) is 16.7. The number of esters is 2. The third kappa shape index (κ3) is 9.89. The molecule has 0 aliphatic carbocycles. The summed E-state index contributed by atoms with van der Waals surface area (Å²) in [7, 11) is -4.57. The van der Waals surface area contributed by atoms with Crippen molar-refractivity contribution in [2.75, 3.05) is 13.2 Å². The lowest BCUT2D eigenvalue weighted by molar-refractivity contribution is -0.153. The standard InChI is InChI=1S/C32H41N4O11P/c1-20(2)14-15-43-32(41)24(16-26(37)44-17-22-10-6-4-7-11-22)35-48(42,47-23-12-8-5-9-13-23)45-18-25-28(38)29(39)31(46-25)36-19-34-27(21(3)33)30(36)40/h4-13,19-20,24-25,28-29,31,38-40H,3,14-18,33H2,1-2H3,(H,35,42)/t24-,25+,28+,29+,31+,48?/m0/s1. The number of hydrogen-bond donors (Lipinski definition) is 5. The zero-order valence-electron chi connectivity index (χ0n) is 26.6. The number of hydrogen-bond acceptors (Lipinski definition) is 13. The predicted molar refractivity (Wildman–Crippen MR) is 172 cm³/mol. The molecule has 48 heavy (non-hydrogen) atoms. The second-order valence-corrected chi connectivity index (χ2v) is 13.2. The highest BCUT2D eigenvalue weighted by Gasteiger charge is 2.46. The first-order chi connectivity index (χ1) is 22.9. The van der Waals surface area contributed by atoms with Crippen LogP contribution < -0.4 is 15.3 Å². The van der Waals surface area contributed by atoms with Crippen molar-refractivity contribution in [3.05, 3.63) is 84.8 Å². The van der Waals surface area contributed by atoms with Gasteiger partial charge in [0.15, 0.2) is 6.23 Å². The molecule has 0 spiro atoms. The Balaban J connectivity index is 1.52. The van der Waals surface area contributed by atoms with Crippen molar-refractivity contribution < 1.29 is 52.7 Å². The fourth-order valence-electron chi connectivity index (χ4n) is 4.58. The van der Waals surface area contributed by atoms with Crippen LogP contribution in [0.4, 0.5) is 0 Å². The number of aromatic nitrogens is 2. The Kier molecular flexibility index (Phi) is 12.8. The summed E-state index contributed by atoms with van der Waals surface area (Å²) in [6.45, 7) is 6.77. The van der Waals surface area contributed by atoms with E-state index in [1.807, 2.05) is 19.9 Å². The quantitative estimate of drug-likeness (QED) is 0.102. The predicted octanol–water partition coefficient (Wildman–Crippen LogP) is 3.02. The summed E-state index contributed by atoms with van der Waals surface area (Å²) in [5.41, 5.74) is 6.28. The molecule has 260 valence electrons. The third-order valence-electron chi connectivity index (χ3n) is 7.21. The molecule has 1 unspecified atom stereocenters. The number of nitrogens with one attached hydrogen (secondary N) is 1. The Morgan fingerprint density at radius 3 is 2.38 bits per heavy atom. The van der Waals surface area contributed by atoms with Crippen molar-refractivity contribution >= 4 is 25.4 Å². The summed E-state index contributed by atoms with van der Waals surface area (Å²) < 4.78 is 43.2. The minimum absolute atomic E-state index is 0.0366. The van der Waals surface area contributed by atoms with Crippen molar-refractivity contribution in [1.29, 1.82) is 0 Å². The zero-order valence-corrected chi connectivity index (χ0v) is 27.5. The van der Waals surface area contributed by atoms with E-state index in [1.165, 1.54) is 12.1 Å². The van der Waals surface area contributed by atoms with Crippen LogP contribution in [0.2, 0.25) is 0 Å². The fraction of sp³-hybridized carbons (Fsp3) is 0.406. The average molecular weight is 689 g/mol. The van der Waals surface area contributed by atoms with Gasteiger partial charge in [-0.25, -0.2) is 9.55 Å². The zero-order chi connectivity index (χ0) is 34.8. The highest BCUT2D eigenvalue weighted by atomic mass is 31.2. The topological polar surface area (TPSA) is 214 Å². The van der Waals surface area contributed by atoms with E-state index in [-0.39, 0.29) is 36.3 Å². The van der Waals surface area contributed by atoms with E-state index < -0.39 is 69.2 Å². The summed E-state index contributed by atoms with van der Waals surface area (Å²) in [6.07, 6.45) is -4.71. The van der Waals surface area contributed by atoms with E-state index in [0.29, 0.717) is 6.42 Å². The maximum Gasteiger partial charge on any atom is 0.459 e. The van der Waals surface area contributed by atoms with Crippen LogP contribution in [0.3, 0.4) is 0 Å². The van der Waals surface area contributed by atoms with Crippen molar-refractivity contribution in [2.24, 2.45) is 11.7 Å². The van der Waals surface area contributed by atoms with Crippen LogP contribution in [0, 0.1) is 5.92 Å². The Morgan fingerprint density at radius 1 is 1.08 bits per heavy atom. The monoisotopic (exact) mass is 688 g/mol. The molecular weight excluding hydrogens is 647 g/mol. The lowest BCUT2D eigenvalue weighted by atomic mass is 10.1. The van der Waals surface area contributed by atoms with Crippen molar-refractivity contribution in [2.45, 2.75) is 63.9 Å². The number of benzene rings is 2. The third-order valence-corrected chi connectivity index (χ3v) is 8.78. The Morgan fingerprint density at radius 2 is 1.75 bits per heavy atom. The molecule has 1 aromatic heterocycles. The van der Waals surface area contributed by atoms with Gasteiger partial charge in [0, 0.05) is 0 Å². The molecule has 6 atom stereocenters. The molecule has 16 heteroatoms. The smallest absolute Gasteiger partial charge is 0.459 e. The lowest BCUT2D eigenvalue weighted by Crippen LogP contribution is -2.41. The van der Waals surface area contributed by atoms with Crippen LogP contribution in [0.15, 0.2) is 73.6 Å². The number of para-hydroxylation sites is 1. The fourth-order valence-corrected chi connectivity index (χ4v) is 6.08. The number of nitrogens with zero attached hydrogens (tertiary/aromatic N) is 2. The Bertz CT molecular complexity index is 1570. The minimum Gasteiger partial charge on any atom is -0.493 e. The number of rotatable bonds is 17. The lowest BCUT2D eigenvalue weighted by Gasteiger charge is -2.26. The molecular formula is C32H41N4O11P. The SMILES string of the molecule is C=C(N)c1ncn([C@@H]2O[C@H](COP(=O)(N[C@@H](CC(=O)OCc3ccccc3)C(=O)OCCC(C)C)Oc3ccccc3)[C@@H](O)[C@H]2O)c1O. The van der Waals surface area contributed by atoms with Crippen LogP contribution in [-0.4, -0.2) is 74.4 Å². The Labute approximate surface area is 277 Å². The van der Waals surface area contributed by atoms with Gasteiger partial charge in [0.25, 0.3) is 0 Å². The molecule has 2 aromatic carbocycles. The molecule has 3 aromatic rings. The first-order valence-corrected chi connectivity index (χ1v) is 16.8. The van der Waals surface area contributed by atoms with Gasteiger partial charge in [-0.1, -0.05) is 69.0 Å². The number of aliphatic hydroxyl groups is 2. The van der Waals surface area contributed by atoms with Gasteiger partial charge in [-0.3, -0.25) is 18.7 Å². The summed E-state index contributed by atoms with van der Waals surface area (Å²) in [5.74, 6) is -1.83. The van der Waals surface area contributed by atoms with Gasteiger partial charge in [0.2, 0.25) is 5.88 Å². The first-order valence-electron chi connectivity index (χ1n) is 15.2. The molecule has 1 fully saturated rings. The van der Waals surface area contributed by atoms with E-state index in [4.69, 9.17) is 29.0 Å². The number of carbonyl (C=O) groups is 2. The molecule has 1 aliphatic heterocycles. The molecule has 0 amide bonds. The summed E-state index contributed by atoms with van der Waals surface area (Å²) in [4.78, 5) is 30.1. The van der Waals surface area contributed by atoms with Gasteiger partial charge in [-0.05, 0) is 30.0 Å². The summed E-state index contributed by atoms with van der Waals surface area (Å²) in [5, 5.41) is 34.5. The van der Waals surface area contributed by atoms with Gasteiger partial charge >= 0.3 is 19.7 Å². The first kappa shape index (κ1) is 36.6. The number of ether oxygens (including phenoxy) is 3. The number of aromatic hydroxyl groups is 1. The van der Waals surface area contributed by atoms with Gasteiger partial charge in [0.1, 0.15) is 48.7 Å². The van der Waals surface area contributed by atoms with Crippen LogP contribution in [-0.2, 0) is 39.5 Å². The molecule has 6 N–H and O–H groups in total. The summed E-state index contributed by atoms with van der Waals surface area (Å²) in [6, 6.07) is 15.3. The molecule has 15 nitrogen and oxygen atoms in total. The molecule has 0 bridgehead atoms. The van der Waals surface area contributed by atoms with Crippen LogP contribution >= 0.6 is 7.75 Å². The van der Waals surface area contributed by atoms with Gasteiger partial charge in [-0.2, -0.15) is 5.09 Å². The van der Waals surface area contributed by atoms with Crippen LogP contribution in [0.1, 0.15) is 44.2 Å². The van der Waals surface area contributed by atoms with E-state index in [9.17, 15) is 29.5 Å². The molecule has 0 radical (unpaired) electrons. The largest absolute Gasteiger partial charge is 0.493 e. The molecule has 0 saturated carbocycles. The Hall–Kier alpha value is -4.24. The van der Waals surface area contributed by atoms with Crippen LogP contribution in [0.5, 0.6) is 11.6 Å². The van der Waals surface area contributed by atoms with Crippen molar-refractivity contribution in [1.82, 2.24) is 14.6 Å². The average Bonchev–Trinajstić information content (AvgIpc) is 3.57. The van der Waals surface area contributed by atoms with E-state index >= 15 is 0 Å². The van der Waals surface area contributed by atoms with E-state index in [0.717, 1.165) is 16.5 Å². The highest BCUT2D eigenvalue weighted by Crippen LogP contribution is 2.46. The van der Waals surface area contributed by atoms with Gasteiger partial charge < -0.3 is 39.8 Å². The van der Waals surface area contributed by atoms with Crippen molar-refractivity contribution in [3.63, 3.8) is 0 Å². The van der Waals surface area contributed by atoms with E-state index in [2.05, 4.69) is 16.7 Å². The van der Waals surface area contributed by atoms with E-state index in [1.54, 1.807) is 42.5 Å². The molecule has 2 heterocycles. The highest BCUT2D eigenvalue weighted by molar-refractivity contribution is 7.52. The molecule has 4 rings (SSSR count). The van der Waals surface area contributed by atoms with Crippen molar-refractivity contribution in [3.8, 4) is 11.6 Å². The second-order valence-electron chi connectivity index (χ2n) is 11.5. The summed E-state index contributed by atoms with van der Waals surface area (Å²) >= 11 is 0. The number of carbonyl (C=O) groups excluding carboxylic acids is 2. The maximum atomic E-state index is 14.3. The number of imidazole rings is 1. The normalized spacial score (nSPS) is 20.9. The van der Waals surface area contributed by atoms with Gasteiger partial charge in [0.05, 0.1) is 25.3 Å². The molecule has 1 saturated heterocycles.